The number of hydrogen-bond donors (Lipinski definition) is 0. The van der Waals surface area contributed by atoms with E-state index in [-0.39, 0.29) is 17.5 Å². The molecular formula is C21H23FN4O2S. The molecule has 0 spiro atoms. The number of carbonyl (C=O) groups is 1. The monoisotopic (exact) mass is 414 g/mol. The van der Waals surface area contributed by atoms with Gasteiger partial charge in [0.15, 0.2) is 11.0 Å². The quantitative estimate of drug-likeness (QED) is 0.525. The Kier molecular flexibility index (Phi) is 6.87. The van der Waals surface area contributed by atoms with Crippen LogP contribution in [0.3, 0.4) is 0 Å². The molecule has 0 unspecified atom stereocenters. The first-order valence-corrected chi connectivity index (χ1v) is 10.2. The maximum Gasteiger partial charge on any atom is 0.233 e. The standard InChI is InChI=1S/C21H23FN4O2S/c1-4-28-18-11-5-15(6-12-18)13-25(2)19(27)14-29-21-24-23-20(26(21)3)16-7-9-17(22)10-8-16/h5-12H,4,13-14H2,1-3H3. The third kappa shape index (κ3) is 5.35. The van der Waals surface area contributed by atoms with Gasteiger partial charge in [-0.15, -0.1) is 10.2 Å². The number of ether oxygens (including phenoxy) is 1. The topological polar surface area (TPSA) is 60.2 Å². The number of nitrogens with zero attached hydrogens (tertiary/aromatic N) is 4. The van der Waals surface area contributed by atoms with Gasteiger partial charge in [-0.2, -0.15) is 0 Å². The highest BCUT2D eigenvalue weighted by Gasteiger charge is 2.15. The zero-order valence-electron chi connectivity index (χ0n) is 16.6. The number of amides is 1. The Morgan fingerprint density at radius 1 is 1.14 bits per heavy atom. The minimum Gasteiger partial charge on any atom is -0.494 e. The van der Waals surface area contributed by atoms with E-state index >= 15 is 0 Å². The summed E-state index contributed by atoms with van der Waals surface area (Å²) in [6.07, 6.45) is 0. The van der Waals surface area contributed by atoms with Crippen LogP contribution in [0.15, 0.2) is 53.7 Å². The number of rotatable bonds is 8. The van der Waals surface area contributed by atoms with E-state index in [2.05, 4.69) is 10.2 Å². The summed E-state index contributed by atoms with van der Waals surface area (Å²) in [5, 5.41) is 8.95. The van der Waals surface area contributed by atoms with Crippen molar-refractivity contribution in [2.24, 2.45) is 7.05 Å². The van der Waals surface area contributed by atoms with E-state index in [1.165, 1.54) is 23.9 Å². The number of hydrogen-bond acceptors (Lipinski definition) is 5. The van der Waals surface area contributed by atoms with Crippen LogP contribution in [-0.4, -0.2) is 45.0 Å². The Hall–Kier alpha value is -2.87. The normalized spacial score (nSPS) is 10.8. The van der Waals surface area contributed by atoms with Crippen LogP contribution in [0.2, 0.25) is 0 Å². The molecule has 6 nitrogen and oxygen atoms in total. The molecule has 0 saturated carbocycles. The highest BCUT2D eigenvalue weighted by molar-refractivity contribution is 7.99. The first kappa shape index (κ1) is 20.9. The summed E-state index contributed by atoms with van der Waals surface area (Å²) >= 11 is 1.33. The molecule has 0 N–H and O–H groups in total. The smallest absolute Gasteiger partial charge is 0.233 e. The summed E-state index contributed by atoms with van der Waals surface area (Å²) in [6, 6.07) is 13.8. The van der Waals surface area contributed by atoms with E-state index in [0.29, 0.717) is 24.1 Å². The van der Waals surface area contributed by atoms with E-state index in [1.54, 1.807) is 28.6 Å². The minimum absolute atomic E-state index is 0.00443. The van der Waals surface area contributed by atoms with Crippen LogP contribution in [0.1, 0.15) is 12.5 Å². The predicted molar refractivity (Wildman–Crippen MR) is 111 cm³/mol. The van der Waals surface area contributed by atoms with Crippen LogP contribution < -0.4 is 4.74 Å². The first-order valence-electron chi connectivity index (χ1n) is 9.21. The maximum absolute atomic E-state index is 13.1. The summed E-state index contributed by atoms with van der Waals surface area (Å²) in [5.74, 6) is 1.40. The second kappa shape index (κ2) is 9.56. The van der Waals surface area contributed by atoms with Crippen LogP contribution in [0.25, 0.3) is 11.4 Å². The molecule has 0 radical (unpaired) electrons. The Labute approximate surface area is 173 Å². The Balaban J connectivity index is 1.56. The van der Waals surface area contributed by atoms with Crippen molar-refractivity contribution in [3.8, 4) is 17.1 Å². The van der Waals surface area contributed by atoms with Gasteiger partial charge in [0.1, 0.15) is 11.6 Å². The van der Waals surface area contributed by atoms with E-state index in [1.807, 2.05) is 38.2 Å². The molecule has 1 heterocycles. The number of thioether (sulfide) groups is 1. The second-order valence-electron chi connectivity index (χ2n) is 6.49. The van der Waals surface area contributed by atoms with E-state index in [9.17, 15) is 9.18 Å². The molecule has 0 aliphatic heterocycles. The molecule has 29 heavy (non-hydrogen) atoms. The van der Waals surface area contributed by atoms with E-state index in [0.717, 1.165) is 16.9 Å². The molecule has 3 rings (SSSR count). The van der Waals surface area contributed by atoms with Crippen LogP contribution in [0.4, 0.5) is 4.39 Å². The lowest BCUT2D eigenvalue weighted by atomic mass is 10.2. The average Bonchev–Trinajstić information content (AvgIpc) is 3.09. The summed E-state index contributed by atoms with van der Waals surface area (Å²) in [5.41, 5.74) is 1.80. The molecule has 1 aromatic heterocycles. The van der Waals surface area contributed by atoms with Gasteiger partial charge in [0, 0.05) is 26.2 Å². The zero-order valence-corrected chi connectivity index (χ0v) is 17.4. The lowest BCUT2D eigenvalue weighted by Crippen LogP contribution is -2.27. The molecule has 8 heteroatoms. The van der Waals surface area contributed by atoms with Crippen molar-refractivity contribution in [2.75, 3.05) is 19.4 Å². The third-order valence-electron chi connectivity index (χ3n) is 4.34. The van der Waals surface area contributed by atoms with Gasteiger partial charge in [-0.1, -0.05) is 23.9 Å². The fourth-order valence-electron chi connectivity index (χ4n) is 2.75. The Bertz CT molecular complexity index is 958. The molecule has 0 fully saturated rings. The fourth-order valence-corrected chi connectivity index (χ4v) is 3.60. The van der Waals surface area contributed by atoms with Gasteiger partial charge in [-0.3, -0.25) is 4.79 Å². The van der Waals surface area contributed by atoms with Crippen molar-refractivity contribution in [1.82, 2.24) is 19.7 Å². The van der Waals surface area contributed by atoms with Gasteiger partial charge >= 0.3 is 0 Å². The van der Waals surface area contributed by atoms with Crippen molar-refractivity contribution < 1.29 is 13.9 Å². The Morgan fingerprint density at radius 2 is 1.83 bits per heavy atom. The summed E-state index contributed by atoms with van der Waals surface area (Å²) in [4.78, 5) is 14.2. The molecule has 0 bridgehead atoms. The van der Waals surface area contributed by atoms with Crippen molar-refractivity contribution in [2.45, 2.75) is 18.6 Å². The number of benzene rings is 2. The molecule has 152 valence electrons. The molecule has 0 aliphatic rings. The fraction of sp³-hybridized carbons (Fsp3) is 0.286. The third-order valence-corrected chi connectivity index (χ3v) is 5.35. The van der Waals surface area contributed by atoms with Crippen LogP contribution in [0.5, 0.6) is 5.75 Å². The van der Waals surface area contributed by atoms with Crippen LogP contribution in [-0.2, 0) is 18.4 Å². The highest BCUT2D eigenvalue weighted by Crippen LogP contribution is 2.23. The highest BCUT2D eigenvalue weighted by atomic mass is 32.2. The van der Waals surface area contributed by atoms with Gasteiger partial charge in [0.25, 0.3) is 0 Å². The summed E-state index contributed by atoms with van der Waals surface area (Å²) in [6.45, 7) is 3.09. The summed E-state index contributed by atoms with van der Waals surface area (Å²) < 4.78 is 20.3. The lowest BCUT2D eigenvalue weighted by Gasteiger charge is -2.17. The molecule has 2 aromatic carbocycles. The predicted octanol–water partition coefficient (Wildman–Crippen LogP) is 3.77. The number of halogens is 1. The molecule has 0 atom stereocenters. The van der Waals surface area contributed by atoms with Crippen molar-refractivity contribution in [3.05, 3.63) is 59.9 Å². The van der Waals surface area contributed by atoms with E-state index in [4.69, 9.17) is 4.74 Å². The minimum atomic E-state index is -0.299. The Morgan fingerprint density at radius 3 is 2.48 bits per heavy atom. The molecular weight excluding hydrogens is 391 g/mol. The number of carbonyl (C=O) groups excluding carboxylic acids is 1. The van der Waals surface area contributed by atoms with Crippen LogP contribution >= 0.6 is 11.8 Å². The van der Waals surface area contributed by atoms with Gasteiger partial charge in [-0.05, 0) is 48.9 Å². The van der Waals surface area contributed by atoms with Crippen molar-refractivity contribution >= 4 is 17.7 Å². The van der Waals surface area contributed by atoms with Crippen LogP contribution in [0, 0.1) is 5.82 Å². The molecule has 1 amide bonds. The average molecular weight is 415 g/mol. The van der Waals surface area contributed by atoms with Gasteiger partial charge < -0.3 is 14.2 Å². The summed E-state index contributed by atoms with van der Waals surface area (Å²) in [7, 11) is 3.61. The molecule has 0 saturated heterocycles. The largest absolute Gasteiger partial charge is 0.494 e. The van der Waals surface area contributed by atoms with Gasteiger partial charge in [0.2, 0.25) is 5.91 Å². The second-order valence-corrected chi connectivity index (χ2v) is 7.43. The van der Waals surface area contributed by atoms with Crippen molar-refractivity contribution in [1.29, 1.82) is 0 Å². The van der Waals surface area contributed by atoms with Crippen molar-refractivity contribution in [3.63, 3.8) is 0 Å². The van der Waals surface area contributed by atoms with Gasteiger partial charge in [0.05, 0.1) is 12.4 Å². The van der Waals surface area contributed by atoms with Gasteiger partial charge in [-0.25, -0.2) is 4.39 Å². The first-order chi connectivity index (χ1) is 14.0. The zero-order chi connectivity index (χ0) is 20.8. The van der Waals surface area contributed by atoms with E-state index < -0.39 is 0 Å². The molecule has 0 aliphatic carbocycles. The lowest BCUT2D eigenvalue weighted by molar-refractivity contribution is -0.127. The SMILES string of the molecule is CCOc1ccc(CN(C)C(=O)CSc2nnc(-c3ccc(F)cc3)n2C)cc1. The molecule has 3 aromatic rings. The maximum atomic E-state index is 13.1. The number of aromatic nitrogens is 3.